The first kappa shape index (κ1) is 12.1. The Balaban J connectivity index is 1.87. The molecule has 0 bridgehead atoms. The summed E-state index contributed by atoms with van der Waals surface area (Å²) in [6.07, 6.45) is 4.07. The number of ether oxygens (including phenoxy) is 1. The molecule has 2 atom stereocenters. The largest absolute Gasteiger partial charge is 0.501 e. The van der Waals surface area contributed by atoms with E-state index in [4.69, 9.17) is 10.6 Å². The molecule has 2 heterocycles. The van der Waals surface area contributed by atoms with Gasteiger partial charge < -0.3 is 4.74 Å². The van der Waals surface area contributed by atoms with Crippen LogP contribution < -0.4 is 11.3 Å². The lowest BCUT2D eigenvalue weighted by atomic mass is 9.87. The van der Waals surface area contributed by atoms with Gasteiger partial charge in [0, 0.05) is 16.6 Å². The summed E-state index contributed by atoms with van der Waals surface area (Å²) in [6.45, 7) is 0.830. The molecule has 4 heteroatoms. The maximum Gasteiger partial charge on any atom is 0.0876 e. The van der Waals surface area contributed by atoms with Gasteiger partial charge in [0.25, 0.3) is 0 Å². The summed E-state index contributed by atoms with van der Waals surface area (Å²) in [4.78, 5) is 1.39. The van der Waals surface area contributed by atoms with E-state index >= 15 is 0 Å². The average molecular weight is 262 g/mol. The predicted octanol–water partition coefficient (Wildman–Crippen LogP) is 2.40. The fraction of sp³-hybridized carbons (Fsp3) is 0.429. The highest BCUT2D eigenvalue weighted by atomic mass is 32.2. The van der Waals surface area contributed by atoms with Crippen molar-refractivity contribution in [2.45, 2.75) is 29.7 Å². The molecule has 3 nitrogen and oxygen atoms in total. The summed E-state index contributed by atoms with van der Waals surface area (Å²) >= 11 is 1.92. The smallest absolute Gasteiger partial charge is 0.0876 e. The number of nitrogens with one attached hydrogen (secondary N) is 1. The molecule has 2 aliphatic rings. The summed E-state index contributed by atoms with van der Waals surface area (Å²) in [7, 11) is 0. The number of hydrogen-bond acceptors (Lipinski definition) is 4. The molecule has 1 aromatic rings. The van der Waals surface area contributed by atoms with Crippen LogP contribution in [0.4, 0.5) is 0 Å². The highest BCUT2D eigenvalue weighted by molar-refractivity contribution is 7.99. The zero-order chi connectivity index (χ0) is 12.4. The minimum atomic E-state index is 0.196. The molecular formula is C14H18N2OS. The summed E-state index contributed by atoms with van der Waals surface area (Å²) in [6, 6.07) is 8.81. The molecule has 0 fully saturated rings. The fourth-order valence-corrected chi connectivity index (χ4v) is 4.05. The molecule has 0 amide bonds. The van der Waals surface area contributed by atoms with Gasteiger partial charge in [-0.3, -0.25) is 11.3 Å². The second-order valence-electron chi connectivity index (χ2n) is 4.77. The van der Waals surface area contributed by atoms with Crippen molar-refractivity contribution in [2.75, 3.05) is 12.4 Å². The first-order valence-corrected chi connectivity index (χ1v) is 7.37. The highest BCUT2D eigenvalue weighted by Gasteiger charge is 2.32. The van der Waals surface area contributed by atoms with Crippen LogP contribution in [0.2, 0.25) is 0 Å². The third-order valence-electron chi connectivity index (χ3n) is 3.68. The average Bonchev–Trinajstić information content (AvgIpc) is 2.85. The number of fused-ring (bicyclic) bond motifs is 1. The number of hydrogen-bond donors (Lipinski definition) is 2. The SMILES string of the molecule is NNC(C1=COCCC1)C1CSc2ccccc21. The van der Waals surface area contributed by atoms with Crippen LogP contribution in [0, 0.1) is 0 Å². The van der Waals surface area contributed by atoms with Crippen molar-refractivity contribution in [1.82, 2.24) is 5.43 Å². The van der Waals surface area contributed by atoms with Crippen molar-refractivity contribution in [1.29, 1.82) is 0 Å². The minimum Gasteiger partial charge on any atom is -0.501 e. The maximum atomic E-state index is 5.78. The van der Waals surface area contributed by atoms with Gasteiger partial charge in [-0.15, -0.1) is 11.8 Å². The molecule has 3 N–H and O–H groups in total. The van der Waals surface area contributed by atoms with Gasteiger partial charge >= 0.3 is 0 Å². The molecule has 2 aliphatic heterocycles. The number of thioether (sulfide) groups is 1. The molecule has 0 radical (unpaired) electrons. The van der Waals surface area contributed by atoms with E-state index in [-0.39, 0.29) is 6.04 Å². The Labute approximate surface area is 112 Å². The van der Waals surface area contributed by atoms with Crippen molar-refractivity contribution in [3.63, 3.8) is 0 Å². The number of hydrazine groups is 1. The number of nitrogens with two attached hydrogens (primary N) is 1. The van der Waals surface area contributed by atoms with Crippen LogP contribution >= 0.6 is 11.8 Å². The third-order valence-corrected chi connectivity index (χ3v) is 4.89. The van der Waals surface area contributed by atoms with E-state index in [0.29, 0.717) is 5.92 Å². The molecule has 0 saturated heterocycles. The Hall–Kier alpha value is -0.970. The molecule has 0 saturated carbocycles. The van der Waals surface area contributed by atoms with Gasteiger partial charge in [0.1, 0.15) is 0 Å². The van der Waals surface area contributed by atoms with E-state index < -0.39 is 0 Å². The van der Waals surface area contributed by atoms with Crippen LogP contribution in [0.1, 0.15) is 24.3 Å². The lowest BCUT2D eigenvalue weighted by molar-refractivity contribution is 0.218. The number of rotatable bonds is 3. The van der Waals surface area contributed by atoms with Crippen LogP contribution in [0.15, 0.2) is 41.0 Å². The standard InChI is InChI=1S/C14H18N2OS/c15-16-14(10-4-3-7-17-8-10)12-9-18-13-6-2-1-5-11(12)13/h1-2,5-6,8,12,14,16H,3-4,7,9,15H2. The molecule has 0 aliphatic carbocycles. The quantitative estimate of drug-likeness (QED) is 0.648. The molecule has 3 rings (SSSR count). The molecular weight excluding hydrogens is 244 g/mol. The second-order valence-corrected chi connectivity index (χ2v) is 5.83. The summed E-state index contributed by atoms with van der Waals surface area (Å²) in [5.74, 6) is 7.32. The maximum absolute atomic E-state index is 5.78. The van der Waals surface area contributed by atoms with Gasteiger partial charge in [-0.25, -0.2) is 0 Å². The summed E-state index contributed by atoms with van der Waals surface area (Å²) in [5.41, 5.74) is 5.70. The Kier molecular flexibility index (Phi) is 3.59. The lowest BCUT2D eigenvalue weighted by Crippen LogP contribution is -2.42. The van der Waals surface area contributed by atoms with E-state index in [0.717, 1.165) is 25.2 Å². The van der Waals surface area contributed by atoms with Gasteiger partial charge in [0.15, 0.2) is 0 Å². The zero-order valence-corrected chi connectivity index (χ0v) is 11.1. The van der Waals surface area contributed by atoms with Gasteiger partial charge in [-0.1, -0.05) is 18.2 Å². The normalized spacial score (nSPS) is 24.1. The lowest BCUT2D eigenvalue weighted by Gasteiger charge is -2.27. The topological polar surface area (TPSA) is 47.3 Å². The van der Waals surface area contributed by atoms with Gasteiger partial charge in [0.2, 0.25) is 0 Å². The van der Waals surface area contributed by atoms with Gasteiger partial charge in [0.05, 0.1) is 18.9 Å². The summed E-state index contributed by atoms with van der Waals surface area (Å²) in [5, 5.41) is 0. The molecule has 0 aromatic heterocycles. The van der Waals surface area contributed by atoms with E-state index in [2.05, 4.69) is 29.7 Å². The van der Waals surface area contributed by atoms with Crippen LogP contribution in [0.5, 0.6) is 0 Å². The predicted molar refractivity (Wildman–Crippen MR) is 74.3 cm³/mol. The van der Waals surface area contributed by atoms with E-state index in [1.54, 1.807) is 0 Å². The van der Waals surface area contributed by atoms with E-state index in [9.17, 15) is 0 Å². The van der Waals surface area contributed by atoms with Crippen molar-refractivity contribution < 1.29 is 4.74 Å². The Morgan fingerprint density at radius 1 is 1.39 bits per heavy atom. The van der Waals surface area contributed by atoms with Gasteiger partial charge in [-0.05, 0) is 30.0 Å². The van der Waals surface area contributed by atoms with Crippen LogP contribution in [-0.2, 0) is 4.74 Å². The Morgan fingerprint density at radius 2 is 2.28 bits per heavy atom. The Bertz CT molecular complexity index is 461. The second kappa shape index (κ2) is 5.34. The molecule has 18 heavy (non-hydrogen) atoms. The summed E-state index contributed by atoms with van der Waals surface area (Å²) < 4.78 is 5.45. The number of benzene rings is 1. The van der Waals surface area contributed by atoms with Crippen molar-refractivity contribution in [2.24, 2.45) is 5.84 Å². The zero-order valence-electron chi connectivity index (χ0n) is 10.3. The molecule has 1 aromatic carbocycles. The fourth-order valence-electron chi connectivity index (χ4n) is 2.76. The van der Waals surface area contributed by atoms with Gasteiger partial charge in [-0.2, -0.15) is 0 Å². The van der Waals surface area contributed by atoms with Crippen LogP contribution in [0.3, 0.4) is 0 Å². The van der Waals surface area contributed by atoms with Crippen molar-refractivity contribution in [3.05, 3.63) is 41.7 Å². The van der Waals surface area contributed by atoms with Crippen molar-refractivity contribution in [3.8, 4) is 0 Å². The Morgan fingerprint density at radius 3 is 3.06 bits per heavy atom. The molecule has 96 valence electrons. The first-order valence-electron chi connectivity index (χ1n) is 6.38. The van der Waals surface area contributed by atoms with Crippen molar-refractivity contribution >= 4 is 11.8 Å². The van der Waals surface area contributed by atoms with Crippen LogP contribution in [-0.4, -0.2) is 18.4 Å². The molecule has 0 spiro atoms. The first-order chi connectivity index (χ1) is 8.90. The third kappa shape index (κ3) is 2.16. The highest BCUT2D eigenvalue weighted by Crippen LogP contribution is 2.42. The van der Waals surface area contributed by atoms with Crippen LogP contribution in [0.25, 0.3) is 0 Å². The van der Waals surface area contributed by atoms with E-state index in [1.807, 2.05) is 18.0 Å². The van der Waals surface area contributed by atoms with E-state index in [1.165, 1.54) is 16.0 Å². The monoisotopic (exact) mass is 262 g/mol. The molecule has 2 unspecified atom stereocenters. The minimum absolute atomic E-state index is 0.196.